The average Bonchev–Trinajstić information content (AvgIpc) is 3.13. The van der Waals surface area contributed by atoms with Gasteiger partial charge in [-0.1, -0.05) is 26.8 Å². The first-order valence-electron chi connectivity index (χ1n) is 11.4. The topological polar surface area (TPSA) is 140 Å². The molecule has 0 spiro atoms. The van der Waals surface area contributed by atoms with Crippen LogP contribution in [0.3, 0.4) is 0 Å². The molecule has 1 unspecified atom stereocenters. The first-order valence-corrected chi connectivity index (χ1v) is 12.9. The van der Waals surface area contributed by atoms with Gasteiger partial charge in [0.15, 0.2) is 0 Å². The fraction of sp³-hybridized carbons (Fsp3) is 0.222. The number of ketones is 1. The van der Waals surface area contributed by atoms with Crippen LogP contribution in [-0.2, 0) is 25.0 Å². The number of aromatic nitrogens is 1. The van der Waals surface area contributed by atoms with Crippen molar-refractivity contribution in [1.29, 1.82) is 0 Å². The molecule has 2 aromatic carbocycles. The van der Waals surface area contributed by atoms with Crippen molar-refractivity contribution in [2.24, 2.45) is 5.14 Å². The highest BCUT2D eigenvalue weighted by atomic mass is 32.2. The van der Waals surface area contributed by atoms with Crippen LogP contribution < -0.4 is 14.8 Å². The fourth-order valence-electron chi connectivity index (χ4n) is 4.35. The van der Waals surface area contributed by atoms with Crippen LogP contribution >= 0.6 is 0 Å². The summed E-state index contributed by atoms with van der Waals surface area (Å²) >= 11 is 0. The van der Waals surface area contributed by atoms with E-state index < -0.39 is 27.8 Å². The van der Waals surface area contributed by atoms with Crippen molar-refractivity contribution in [3.05, 3.63) is 89.3 Å². The van der Waals surface area contributed by atoms with Gasteiger partial charge >= 0.3 is 0 Å². The molecule has 1 amide bonds. The zero-order valence-corrected chi connectivity index (χ0v) is 21.6. The number of benzene rings is 2. The lowest BCUT2D eigenvalue weighted by Crippen LogP contribution is -2.29. The van der Waals surface area contributed by atoms with Crippen LogP contribution in [0.15, 0.2) is 77.5 Å². The Morgan fingerprint density at radius 1 is 1.08 bits per heavy atom. The molecular weight excluding hydrogens is 494 g/mol. The largest absolute Gasteiger partial charge is 0.507 e. The van der Waals surface area contributed by atoms with Crippen molar-refractivity contribution in [1.82, 2.24) is 4.98 Å². The fourth-order valence-corrected chi connectivity index (χ4v) is 4.86. The van der Waals surface area contributed by atoms with E-state index in [0.29, 0.717) is 16.9 Å². The molecule has 2 heterocycles. The second-order valence-electron chi connectivity index (χ2n) is 9.66. The smallest absolute Gasteiger partial charge is 0.300 e. The molecule has 0 bridgehead atoms. The first kappa shape index (κ1) is 26.1. The second kappa shape index (κ2) is 9.45. The van der Waals surface area contributed by atoms with Gasteiger partial charge < -0.3 is 9.84 Å². The number of amides is 1. The quantitative estimate of drug-likeness (QED) is 0.297. The molecule has 3 N–H and O–H groups in total. The van der Waals surface area contributed by atoms with Crippen LogP contribution in [0.5, 0.6) is 5.75 Å². The number of carbonyl (C=O) groups excluding carboxylic acids is 2. The summed E-state index contributed by atoms with van der Waals surface area (Å²) in [7, 11) is -2.40. The number of rotatable bonds is 5. The summed E-state index contributed by atoms with van der Waals surface area (Å²) in [5, 5.41) is 16.6. The molecule has 1 aliphatic heterocycles. The minimum atomic E-state index is -3.96. The van der Waals surface area contributed by atoms with Crippen LogP contribution in [0.1, 0.15) is 43.5 Å². The lowest BCUT2D eigenvalue weighted by molar-refractivity contribution is -0.132. The lowest BCUT2D eigenvalue weighted by atomic mass is 9.84. The highest BCUT2D eigenvalue weighted by Crippen LogP contribution is 2.43. The van der Waals surface area contributed by atoms with E-state index >= 15 is 0 Å². The molecule has 0 saturated carbocycles. The van der Waals surface area contributed by atoms with Crippen molar-refractivity contribution in [3.8, 4) is 5.75 Å². The number of sulfonamides is 1. The highest BCUT2D eigenvalue weighted by Gasteiger charge is 2.47. The second-order valence-corrected chi connectivity index (χ2v) is 11.2. The van der Waals surface area contributed by atoms with E-state index in [0.717, 1.165) is 5.56 Å². The standard InChI is InChI=1S/C27H27N3O6S/c1-27(2,3)20-14-16(7-12-21(20)36-4)24(31)22-23(17-6-5-13-29-15-17)30(26(33)25(22)32)18-8-10-19(11-9-18)37(28,34)35/h5-15,23,31H,1-4H3,(H2,28,34,35)/b24-22-. The Kier molecular flexibility index (Phi) is 6.66. The maximum absolute atomic E-state index is 13.3. The number of hydrogen-bond donors (Lipinski definition) is 2. The normalized spacial score (nSPS) is 17.8. The maximum Gasteiger partial charge on any atom is 0.300 e. The molecular formula is C27H27N3O6S. The van der Waals surface area contributed by atoms with Crippen LogP contribution in [-0.4, -0.2) is 37.3 Å². The summed E-state index contributed by atoms with van der Waals surface area (Å²) in [6.07, 6.45) is 3.06. The van der Waals surface area contributed by atoms with Gasteiger partial charge in [0.2, 0.25) is 10.0 Å². The van der Waals surface area contributed by atoms with Crippen molar-refractivity contribution < 1.29 is 27.9 Å². The van der Waals surface area contributed by atoms with Gasteiger partial charge in [-0.05, 0) is 59.5 Å². The summed E-state index contributed by atoms with van der Waals surface area (Å²) < 4.78 is 28.9. The Bertz CT molecular complexity index is 1510. The number of nitrogens with zero attached hydrogens (tertiary/aromatic N) is 2. The van der Waals surface area contributed by atoms with Crippen molar-refractivity contribution >= 4 is 33.2 Å². The molecule has 3 aromatic rings. The molecule has 10 heteroatoms. The lowest BCUT2D eigenvalue weighted by Gasteiger charge is -2.26. The number of primary sulfonamides is 1. The van der Waals surface area contributed by atoms with Crippen molar-refractivity contribution in [3.63, 3.8) is 0 Å². The van der Waals surface area contributed by atoms with E-state index in [4.69, 9.17) is 9.88 Å². The molecule has 192 valence electrons. The molecule has 4 rings (SSSR count). The van der Waals surface area contributed by atoms with E-state index in [1.165, 1.54) is 35.4 Å². The number of ether oxygens (including phenoxy) is 1. The first-order chi connectivity index (χ1) is 17.3. The summed E-state index contributed by atoms with van der Waals surface area (Å²) in [5.74, 6) is -1.47. The number of Topliss-reactive ketones (excluding diaryl/α,β-unsaturated/α-hetero) is 1. The van der Waals surface area contributed by atoms with E-state index in [-0.39, 0.29) is 27.3 Å². The van der Waals surface area contributed by atoms with E-state index in [1.807, 2.05) is 20.8 Å². The molecule has 37 heavy (non-hydrogen) atoms. The SMILES string of the molecule is COc1ccc(/C(O)=C2/C(=O)C(=O)N(c3ccc(S(N)(=O)=O)cc3)C2c2cccnc2)cc1C(C)(C)C. The predicted octanol–water partition coefficient (Wildman–Crippen LogP) is 3.66. The van der Waals surface area contributed by atoms with Gasteiger partial charge in [-0.15, -0.1) is 0 Å². The molecule has 1 atom stereocenters. The van der Waals surface area contributed by atoms with Crippen LogP contribution in [0, 0.1) is 0 Å². The molecule has 1 aromatic heterocycles. The third-order valence-electron chi connectivity index (χ3n) is 6.17. The average molecular weight is 522 g/mol. The molecule has 9 nitrogen and oxygen atoms in total. The third-order valence-corrected chi connectivity index (χ3v) is 7.10. The van der Waals surface area contributed by atoms with Gasteiger partial charge in [-0.2, -0.15) is 0 Å². The van der Waals surface area contributed by atoms with Crippen LogP contribution in [0.4, 0.5) is 5.69 Å². The van der Waals surface area contributed by atoms with Gasteiger partial charge in [0.05, 0.1) is 23.6 Å². The maximum atomic E-state index is 13.3. The van der Waals surface area contributed by atoms with Gasteiger partial charge in [0.1, 0.15) is 11.5 Å². The number of carbonyl (C=O) groups is 2. The Labute approximate surface area is 215 Å². The number of aliphatic hydroxyl groups is 1. The van der Waals surface area contributed by atoms with Gasteiger partial charge in [0, 0.05) is 29.2 Å². The molecule has 1 saturated heterocycles. The number of hydrogen-bond acceptors (Lipinski definition) is 7. The summed E-state index contributed by atoms with van der Waals surface area (Å²) in [6.45, 7) is 5.98. The zero-order valence-electron chi connectivity index (χ0n) is 20.8. The van der Waals surface area contributed by atoms with Crippen molar-refractivity contribution in [2.75, 3.05) is 12.0 Å². The third kappa shape index (κ3) is 4.85. The Morgan fingerprint density at radius 3 is 2.30 bits per heavy atom. The van der Waals surface area contributed by atoms with Gasteiger partial charge in [0.25, 0.3) is 11.7 Å². The van der Waals surface area contributed by atoms with Crippen LogP contribution in [0.25, 0.3) is 5.76 Å². The minimum absolute atomic E-state index is 0.112. The van der Waals surface area contributed by atoms with Gasteiger partial charge in [-0.25, -0.2) is 13.6 Å². The van der Waals surface area contributed by atoms with E-state index in [2.05, 4.69) is 4.98 Å². The van der Waals surface area contributed by atoms with E-state index in [1.54, 1.807) is 43.6 Å². The minimum Gasteiger partial charge on any atom is -0.507 e. The highest BCUT2D eigenvalue weighted by molar-refractivity contribution is 7.89. The number of anilines is 1. The molecule has 0 aliphatic carbocycles. The molecule has 1 aliphatic rings. The summed E-state index contributed by atoms with van der Waals surface area (Å²) in [4.78, 5) is 31.8. The Hall–Kier alpha value is -4.02. The van der Waals surface area contributed by atoms with Crippen molar-refractivity contribution in [2.45, 2.75) is 37.1 Å². The van der Waals surface area contributed by atoms with Crippen LogP contribution in [0.2, 0.25) is 0 Å². The Morgan fingerprint density at radius 2 is 1.76 bits per heavy atom. The number of nitrogens with two attached hydrogens (primary N) is 1. The summed E-state index contributed by atoms with van der Waals surface area (Å²) in [5.41, 5.74) is 1.46. The molecule has 1 fully saturated rings. The van der Waals surface area contributed by atoms with E-state index in [9.17, 15) is 23.1 Å². The monoisotopic (exact) mass is 521 g/mol. The number of aliphatic hydroxyl groups excluding tert-OH is 1. The molecule has 0 radical (unpaired) electrons. The summed E-state index contributed by atoms with van der Waals surface area (Å²) in [6, 6.07) is 12.7. The Balaban J connectivity index is 1.93. The predicted molar refractivity (Wildman–Crippen MR) is 139 cm³/mol. The zero-order chi connectivity index (χ0) is 27.1. The van der Waals surface area contributed by atoms with Gasteiger partial charge in [-0.3, -0.25) is 19.5 Å². The number of pyridine rings is 1. The number of methoxy groups -OCH3 is 1.